The van der Waals surface area contributed by atoms with Gasteiger partial charge in [-0.25, -0.2) is 19.0 Å². The molecule has 9 nitrogen and oxygen atoms in total. The zero-order valence-electron chi connectivity index (χ0n) is 21.3. The zero-order chi connectivity index (χ0) is 28.0. The number of amidine groups is 1. The average molecular weight is 569 g/mol. The topological polar surface area (TPSA) is 129 Å². The molecule has 2 aromatic carbocycles. The molecule has 2 fully saturated rings. The van der Waals surface area contributed by atoms with Crippen LogP contribution < -0.4 is 0 Å². The molecule has 2 aliphatic rings. The second kappa shape index (κ2) is 10.5. The van der Waals surface area contributed by atoms with Gasteiger partial charge in [-0.15, -0.1) is 0 Å². The van der Waals surface area contributed by atoms with Gasteiger partial charge in [0, 0.05) is 24.1 Å². The summed E-state index contributed by atoms with van der Waals surface area (Å²) < 4.78 is 24.6. The summed E-state index contributed by atoms with van der Waals surface area (Å²) in [6, 6.07) is 10.6. The monoisotopic (exact) mass is 568 g/mol. The number of nitrogens with zero attached hydrogens (tertiary/aromatic N) is 2. The number of carbonyl (C=O) groups is 2. The number of hydrogen-bond acceptors (Lipinski definition) is 8. The molecule has 0 radical (unpaired) electrons. The van der Waals surface area contributed by atoms with Crippen molar-refractivity contribution in [2.45, 2.75) is 64.1 Å². The maximum absolute atomic E-state index is 13.5. The molecule has 0 saturated carbocycles. The number of benzene rings is 2. The van der Waals surface area contributed by atoms with E-state index in [2.05, 4.69) is 4.99 Å². The highest BCUT2D eigenvalue weighted by Gasteiger charge is 2.60. The van der Waals surface area contributed by atoms with Crippen LogP contribution in [0.2, 0.25) is 5.02 Å². The third-order valence-electron chi connectivity index (χ3n) is 6.14. The van der Waals surface area contributed by atoms with Crippen LogP contribution in [0, 0.1) is 5.82 Å². The standard InChI is InChI=1S/C26H30ClFN2O7S/c1-14(2)29-25-30(15(3)4)26(35,13-38(25)36-23(33)21(31)22(32)24(34)37-38)12-16-5-7-17(8-6-16)19-10-9-18(28)11-20(19)27/h5-11,14-15,21-22,31-32,35H,12-13H2,1-4H3. The lowest BCUT2D eigenvalue weighted by Gasteiger charge is -2.38. The van der Waals surface area contributed by atoms with E-state index in [9.17, 15) is 29.3 Å². The molecule has 4 rings (SSSR count). The van der Waals surface area contributed by atoms with E-state index in [4.69, 9.17) is 20.0 Å². The van der Waals surface area contributed by atoms with Crippen molar-refractivity contribution < 1.29 is 37.7 Å². The molecule has 38 heavy (non-hydrogen) atoms. The lowest BCUT2D eigenvalue weighted by Crippen LogP contribution is -2.52. The lowest BCUT2D eigenvalue weighted by molar-refractivity contribution is -0.156. The van der Waals surface area contributed by atoms with E-state index in [-0.39, 0.29) is 34.4 Å². The Bertz CT molecular complexity index is 1250. The minimum Gasteiger partial charge on any atom is -0.379 e. The third-order valence-corrected chi connectivity index (χ3v) is 9.02. The molecule has 0 bridgehead atoms. The van der Waals surface area contributed by atoms with E-state index in [1.54, 1.807) is 49.1 Å². The Balaban J connectivity index is 1.73. The number of hydrogen-bond donors (Lipinski definition) is 3. The summed E-state index contributed by atoms with van der Waals surface area (Å²) in [5, 5.41) is 32.5. The van der Waals surface area contributed by atoms with Gasteiger partial charge in [0.25, 0.3) is 0 Å². The largest absolute Gasteiger partial charge is 0.379 e. The van der Waals surface area contributed by atoms with Crippen molar-refractivity contribution in [2.75, 3.05) is 5.75 Å². The molecular weight excluding hydrogens is 539 g/mol. The van der Waals surface area contributed by atoms with Gasteiger partial charge in [-0.2, -0.15) is 0 Å². The SMILES string of the molecule is CC(C)N=C1N(C(C)C)C(O)(Cc2ccc(-c3ccc(F)cc3Cl)cc2)CS12OC(=O)C(O)C(O)C(=O)O2. The van der Waals surface area contributed by atoms with Crippen LogP contribution >= 0.6 is 22.2 Å². The van der Waals surface area contributed by atoms with Crippen molar-refractivity contribution in [3.8, 4) is 11.1 Å². The third kappa shape index (κ3) is 5.26. The van der Waals surface area contributed by atoms with Crippen LogP contribution in [0.4, 0.5) is 4.39 Å². The van der Waals surface area contributed by atoms with Crippen molar-refractivity contribution in [1.29, 1.82) is 0 Å². The quantitative estimate of drug-likeness (QED) is 0.501. The van der Waals surface area contributed by atoms with Gasteiger partial charge in [-0.1, -0.05) is 35.9 Å². The summed E-state index contributed by atoms with van der Waals surface area (Å²) in [6.07, 6.45) is -4.21. The number of carbonyl (C=O) groups excluding carboxylic acids is 2. The van der Waals surface area contributed by atoms with Crippen molar-refractivity contribution in [3.05, 3.63) is 58.9 Å². The minimum atomic E-state index is -3.33. The van der Waals surface area contributed by atoms with Gasteiger partial charge >= 0.3 is 11.9 Å². The smallest absolute Gasteiger partial charge is 0.361 e. The van der Waals surface area contributed by atoms with E-state index >= 15 is 0 Å². The molecule has 0 aromatic heterocycles. The summed E-state index contributed by atoms with van der Waals surface area (Å²) in [6.45, 7) is 7.17. The van der Waals surface area contributed by atoms with Gasteiger partial charge in [0.05, 0.1) is 5.02 Å². The van der Waals surface area contributed by atoms with E-state index in [0.29, 0.717) is 11.1 Å². The van der Waals surface area contributed by atoms with Crippen molar-refractivity contribution >= 4 is 39.3 Å². The average Bonchev–Trinajstić information content (AvgIpc) is 3.00. The van der Waals surface area contributed by atoms with Crippen LogP contribution in [0.5, 0.6) is 0 Å². The summed E-state index contributed by atoms with van der Waals surface area (Å²) in [5.74, 6) is -3.24. The first-order valence-corrected chi connectivity index (χ1v) is 14.1. The molecule has 0 amide bonds. The second-order valence-electron chi connectivity index (χ2n) is 9.90. The number of aliphatic hydroxyl groups excluding tert-OH is 2. The fourth-order valence-electron chi connectivity index (χ4n) is 4.59. The molecule has 3 atom stereocenters. The van der Waals surface area contributed by atoms with Crippen LogP contribution in [0.15, 0.2) is 47.5 Å². The minimum absolute atomic E-state index is 0.0364. The first-order chi connectivity index (χ1) is 17.8. The zero-order valence-corrected chi connectivity index (χ0v) is 22.9. The van der Waals surface area contributed by atoms with Crippen molar-refractivity contribution in [1.82, 2.24) is 4.90 Å². The highest BCUT2D eigenvalue weighted by atomic mass is 35.5. The first-order valence-electron chi connectivity index (χ1n) is 12.0. The lowest BCUT2D eigenvalue weighted by atomic mass is 9.98. The fraction of sp³-hybridized carbons (Fsp3) is 0.423. The van der Waals surface area contributed by atoms with Gasteiger partial charge in [0.15, 0.2) is 17.9 Å². The summed E-state index contributed by atoms with van der Waals surface area (Å²) >= 11 is 6.20. The Kier molecular flexibility index (Phi) is 7.79. The molecule has 2 aliphatic heterocycles. The van der Waals surface area contributed by atoms with E-state index in [1.807, 2.05) is 13.8 Å². The predicted octanol–water partition coefficient (Wildman–Crippen LogP) is 3.32. The van der Waals surface area contributed by atoms with Gasteiger partial charge in [-0.05, 0) is 67.6 Å². The van der Waals surface area contributed by atoms with Gasteiger partial charge in [0.2, 0.25) is 5.17 Å². The highest BCUT2D eigenvalue weighted by molar-refractivity contribution is 8.39. The molecule has 3 unspecified atom stereocenters. The van der Waals surface area contributed by atoms with Crippen molar-refractivity contribution in [2.24, 2.45) is 4.99 Å². The molecule has 0 aliphatic carbocycles. The summed E-state index contributed by atoms with van der Waals surface area (Å²) in [5.41, 5.74) is 0.392. The van der Waals surface area contributed by atoms with Crippen LogP contribution in [0.3, 0.4) is 0 Å². The maximum atomic E-state index is 13.5. The molecule has 206 valence electrons. The van der Waals surface area contributed by atoms with Crippen LogP contribution in [0.25, 0.3) is 11.1 Å². The van der Waals surface area contributed by atoms with E-state index in [1.165, 1.54) is 12.1 Å². The normalized spacial score (nSPS) is 30.5. The maximum Gasteiger partial charge on any atom is 0.361 e. The van der Waals surface area contributed by atoms with E-state index < -0.39 is 46.3 Å². The molecule has 1 spiro atoms. The fourth-order valence-corrected chi connectivity index (χ4v) is 7.93. The Labute approximate surface area is 226 Å². The molecule has 2 saturated heterocycles. The number of rotatable bonds is 5. The molecule has 2 aromatic rings. The molecule has 3 N–H and O–H groups in total. The summed E-state index contributed by atoms with van der Waals surface area (Å²) in [7, 11) is -3.33. The Morgan fingerprint density at radius 3 is 2.16 bits per heavy atom. The summed E-state index contributed by atoms with van der Waals surface area (Å²) in [4.78, 5) is 31.3. The van der Waals surface area contributed by atoms with Crippen LogP contribution in [0.1, 0.15) is 33.3 Å². The molecular formula is C26H30ClFN2O7S. The van der Waals surface area contributed by atoms with E-state index in [0.717, 1.165) is 5.56 Å². The van der Waals surface area contributed by atoms with Crippen LogP contribution in [-0.2, 0) is 24.4 Å². The van der Waals surface area contributed by atoms with Gasteiger partial charge in [-0.3, -0.25) is 0 Å². The number of halogens is 2. The second-order valence-corrected chi connectivity index (χ2v) is 12.5. The molecule has 12 heteroatoms. The Morgan fingerprint density at radius 1 is 1.08 bits per heavy atom. The Hall–Kier alpha value is -2.70. The molecule has 2 heterocycles. The predicted molar refractivity (Wildman–Crippen MR) is 142 cm³/mol. The highest BCUT2D eigenvalue weighted by Crippen LogP contribution is 2.63. The number of aliphatic imine (C=N–C) groups is 1. The van der Waals surface area contributed by atoms with Crippen LogP contribution in [-0.4, -0.2) is 73.1 Å². The van der Waals surface area contributed by atoms with Gasteiger partial charge in [0.1, 0.15) is 11.6 Å². The van der Waals surface area contributed by atoms with Crippen molar-refractivity contribution in [3.63, 3.8) is 0 Å². The van der Waals surface area contributed by atoms with Gasteiger partial charge < -0.3 is 28.6 Å². The number of aliphatic hydroxyl groups is 3. The Morgan fingerprint density at radius 2 is 1.66 bits per heavy atom. The first kappa shape index (κ1) is 28.3.